The summed E-state index contributed by atoms with van der Waals surface area (Å²) in [4.78, 5) is 12.1. The third-order valence-corrected chi connectivity index (χ3v) is 3.19. The Morgan fingerprint density at radius 1 is 1.53 bits per heavy atom. The number of nitrogens with two attached hydrogens (primary N) is 1. The monoisotopic (exact) mass is 268 g/mol. The third-order valence-electron chi connectivity index (χ3n) is 2.03. The standard InChI is InChI=1S/C12H16N2OS2/c1-9-3-2-4-10(7-9)14-12(15)8-17-6-5-11(13)16/h2-4,7H,5-6,8H2,1H3,(H2,13,16)(H,14,15). The van der Waals surface area contributed by atoms with E-state index in [1.54, 1.807) is 0 Å². The van der Waals surface area contributed by atoms with Gasteiger partial charge in [0.05, 0.1) is 10.7 Å². The van der Waals surface area contributed by atoms with E-state index in [1.807, 2.05) is 31.2 Å². The average molecular weight is 268 g/mol. The molecule has 3 nitrogen and oxygen atoms in total. The minimum atomic E-state index is 0.00328. The Bertz CT molecular complexity index is 407. The van der Waals surface area contributed by atoms with Crippen molar-refractivity contribution in [2.45, 2.75) is 13.3 Å². The molecular formula is C12H16N2OS2. The summed E-state index contributed by atoms with van der Waals surface area (Å²) in [6.07, 6.45) is 0.678. The van der Waals surface area contributed by atoms with E-state index >= 15 is 0 Å². The van der Waals surface area contributed by atoms with Crippen LogP contribution in [0.5, 0.6) is 0 Å². The SMILES string of the molecule is Cc1cccc(NC(=O)CSCCC(N)=S)c1. The maximum absolute atomic E-state index is 11.6. The van der Waals surface area contributed by atoms with Gasteiger partial charge in [-0.25, -0.2) is 0 Å². The van der Waals surface area contributed by atoms with Crippen molar-refractivity contribution in [1.82, 2.24) is 0 Å². The Labute approximate surface area is 111 Å². The molecule has 3 N–H and O–H groups in total. The zero-order chi connectivity index (χ0) is 12.7. The van der Waals surface area contributed by atoms with Gasteiger partial charge in [-0.1, -0.05) is 24.4 Å². The summed E-state index contributed by atoms with van der Waals surface area (Å²) in [5.74, 6) is 1.22. The summed E-state index contributed by atoms with van der Waals surface area (Å²) in [6.45, 7) is 1.99. The van der Waals surface area contributed by atoms with E-state index in [9.17, 15) is 4.79 Å². The number of thioether (sulfide) groups is 1. The van der Waals surface area contributed by atoms with Gasteiger partial charge in [-0.2, -0.15) is 11.8 Å². The van der Waals surface area contributed by atoms with Crippen LogP contribution in [-0.4, -0.2) is 22.4 Å². The number of rotatable bonds is 6. The molecule has 1 aromatic rings. The third kappa shape index (κ3) is 6.28. The van der Waals surface area contributed by atoms with Crippen LogP contribution >= 0.6 is 24.0 Å². The lowest BCUT2D eigenvalue weighted by molar-refractivity contribution is -0.113. The number of hydrogen-bond donors (Lipinski definition) is 2. The highest BCUT2D eigenvalue weighted by atomic mass is 32.2. The van der Waals surface area contributed by atoms with E-state index in [0.717, 1.165) is 17.0 Å². The summed E-state index contributed by atoms with van der Waals surface area (Å²) in [7, 11) is 0. The molecule has 1 aromatic carbocycles. The first-order chi connectivity index (χ1) is 8.08. The van der Waals surface area contributed by atoms with Crippen LogP contribution in [-0.2, 0) is 4.79 Å². The minimum absolute atomic E-state index is 0.00328. The lowest BCUT2D eigenvalue weighted by Crippen LogP contribution is -2.15. The first-order valence-corrected chi connectivity index (χ1v) is 6.87. The minimum Gasteiger partial charge on any atom is -0.393 e. The van der Waals surface area contributed by atoms with Crippen molar-refractivity contribution in [2.75, 3.05) is 16.8 Å². The highest BCUT2D eigenvalue weighted by Crippen LogP contribution is 2.10. The fourth-order valence-electron chi connectivity index (χ4n) is 1.26. The van der Waals surface area contributed by atoms with Crippen molar-refractivity contribution in [2.24, 2.45) is 5.73 Å². The Morgan fingerprint density at radius 3 is 2.94 bits per heavy atom. The van der Waals surface area contributed by atoms with Crippen molar-refractivity contribution in [1.29, 1.82) is 0 Å². The molecule has 92 valence electrons. The first-order valence-electron chi connectivity index (χ1n) is 5.30. The molecular weight excluding hydrogens is 252 g/mol. The van der Waals surface area contributed by atoms with Crippen LogP contribution < -0.4 is 11.1 Å². The molecule has 0 atom stereocenters. The molecule has 5 heteroatoms. The zero-order valence-corrected chi connectivity index (χ0v) is 11.4. The Kier molecular flexibility index (Phi) is 6.00. The summed E-state index contributed by atoms with van der Waals surface area (Å²) in [6, 6.07) is 7.74. The van der Waals surface area contributed by atoms with Crippen molar-refractivity contribution in [3.8, 4) is 0 Å². The van der Waals surface area contributed by atoms with Crippen LogP contribution in [0, 0.1) is 6.92 Å². The van der Waals surface area contributed by atoms with Crippen molar-refractivity contribution < 1.29 is 4.79 Å². The fraction of sp³-hybridized carbons (Fsp3) is 0.333. The number of nitrogens with one attached hydrogen (secondary N) is 1. The Morgan fingerprint density at radius 2 is 2.29 bits per heavy atom. The molecule has 0 aliphatic rings. The quantitative estimate of drug-likeness (QED) is 0.614. The maximum atomic E-state index is 11.6. The summed E-state index contributed by atoms with van der Waals surface area (Å²) < 4.78 is 0. The average Bonchev–Trinajstić information content (AvgIpc) is 2.24. The van der Waals surface area contributed by atoms with Gasteiger partial charge in [-0.05, 0) is 24.6 Å². The molecule has 0 fully saturated rings. The van der Waals surface area contributed by atoms with Crippen LogP contribution in [0.1, 0.15) is 12.0 Å². The second-order valence-electron chi connectivity index (χ2n) is 3.69. The predicted molar refractivity (Wildman–Crippen MR) is 78.5 cm³/mol. The molecule has 0 heterocycles. The zero-order valence-electron chi connectivity index (χ0n) is 9.73. The van der Waals surface area contributed by atoms with Crippen LogP contribution in [0.25, 0.3) is 0 Å². The number of thiocarbonyl (C=S) groups is 1. The lowest BCUT2D eigenvalue weighted by Gasteiger charge is -2.05. The number of amides is 1. The molecule has 0 spiro atoms. The summed E-state index contributed by atoms with van der Waals surface area (Å²) in [5.41, 5.74) is 7.33. The molecule has 0 aromatic heterocycles. The van der Waals surface area contributed by atoms with Crippen LogP contribution in [0.15, 0.2) is 24.3 Å². The first kappa shape index (κ1) is 14.0. The van der Waals surface area contributed by atoms with Gasteiger partial charge in [0.15, 0.2) is 0 Å². The number of carbonyl (C=O) groups excluding carboxylic acids is 1. The van der Waals surface area contributed by atoms with Gasteiger partial charge in [0, 0.05) is 17.9 Å². The Hall–Kier alpha value is -1.07. The second kappa shape index (κ2) is 7.29. The van der Waals surface area contributed by atoms with Crippen molar-refractivity contribution in [3.05, 3.63) is 29.8 Å². The fourth-order valence-corrected chi connectivity index (χ4v) is 2.25. The van der Waals surface area contributed by atoms with Gasteiger partial charge in [-0.15, -0.1) is 0 Å². The number of hydrogen-bond acceptors (Lipinski definition) is 3. The molecule has 0 radical (unpaired) electrons. The predicted octanol–water partition coefficient (Wildman–Crippen LogP) is 2.34. The highest BCUT2D eigenvalue weighted by molar-refractivity contribution is 8.00. The number of carbonyl (C=O) groups is 1. The molecule has 0 bridgehead atoms. The molecule has 0 saturated heterocycles. The van der Waals surface area contributed by atoms with E-state index in [1.165, 1.54) is 11.8 Å². The molecule has 0 aliphatic heterocycles. The Balaban J connectivity index is 2.27. The maximum Gasteiger partial charge on any atom is 0.234 e. The van der Waals surface area contributed by atoms with Crippen molar-refractivity contribution >= 4 is 40.6 Å². The summed E-state index contributed by atoms with van der Waals surface area (Å²) in [5, 5.41) is 2.85. The van der Waals surface area contributed by atoms with E-state index < -0.39 is 0 Å². The van der Waals surface area contributed by atoms with Crippen LogP contribution in [0.2, 0.25) is 0 Å². The molecule has 0 unspecified atom stereocenters. The second-order valence-corrected chi connectivity index (χ2v) is 5.32. The number of benzene rings is 1. The van der Waals surface area contributed by atoms with E-state index in [-0.39, 0.29) is 5.91 Å². The van der Waals surface area contributed by atoms with E-state index in [0.29, 0.717) is 17.2 Å². The van der Waals surface area contributed by atoms with Crippen LogP contribution in [0.4, 0.5) is 5.69 Å². The lowest BCUT2D eigenvalue weighted by atomic mass is 10.2. The normalized spacial score (nSPS) is 9.94. The van der Waals surface area contributed by atoms with E-state index in [4.69, 9.17) is 18.0 Å². The molecule has 1 rings (SSSR count). The van der Waals surface area contributed by atoms with Gasteiger partial charge >= 0.3 is 0 Å². The highest BCUT2D eigenvalue weighted by Gasteiger charge is 2.02. The van der Waals surface area contributed by atoms with E-state index in [2.05, 4.69) is 5.32 Å². The summed E-state index contributed by atoms with van der Waals surface area (Å²) >= 11 is 6.29. The smallest absolute Gasteiger partial charge is 0.234 e. The van der Waals surface area contributed by atoms with Crippen LogP contribution in [0.3, 0.4) is 0 Å². The van der Waals surface area contributed by atoms with Gasteiger partial charge in [0.2, 0.25) is 5.91 Å². The van der Waals surface area contributed by atoms with Gasteiger partial charge in [0.25, 0.3) is 0 Å². The van der Waals surface area contributed by atoms with Gasteiger partial charge in [0.1, 0.15) is 0 Å². The van der Waals surface area contributed by atoms with Crippen molar-refractivity contribution in [3.63, 3.8) is 0 Å². The van der Waals surface area contributed by atoms with Gasteiger partial charge < -0.3 is 11.1 Å². The molecule has 1 amide bonds. The largest absolute Gasteiger partial charge is 0.393 e. The molecule has 0 aliphatic carbocycles. The number of aryl methyl sites for hydroxylation is 1. The topological polar surface area (TPSA) is 55.1 Å². The van der Waals surface area contributed by atoms with Gasteiger partial charge in [-0.3, -0.25) is 4.79 Å². The molecule has 17 heavy (non-hydrogen) atoms. The number of anilines is 1. The molecule has 0 saturated carbocycles.